The summed E-state index contributed by atoms with van der Waals surface area (Å²) in [4.78, 5) is 14.6. The molecule has 17 heavy (non-hydrogen) atoms. The topological polar surface area (TPSA) is 46.3 Å². The first-order chi connectivity index (χ1) is 8.16. The van der Waals surface area contributed by atoms with Gasteiger partial charge in [-0.1, -0.05) is 19.8 Å². The van der Waals surface area contributed by atoms with Gasteiger partial charge in [-0.2, -0.15) is 0 Å². The van der Waals surface area contributed by atoms with Crippen LogP contribution in [0, 0.1) is 11.8 Å². The van der Waals surface area contributed by atoms with Crippen LogP contribution in [0.5, 0.6) is 0 Å². The molecule has 0 aromatic carbocycles. The predicted octanol–water partition coefficient (Wildman–Crippen LogP) is 2.15. The molecule has 1 saturated heterocycles. The Kier molecular flexibility index (Phi) is 4.43. The molecule has 98 valence electrons. The third-order valence-corrected chi connectivity index (χ3v) is 4.25. The molecular weight excluding hydrogens is 212 g/mol. The molecule has 0 aromatic heterocycles. The van der Waals surface area contributed by atoms with Crippen molar-refractivity contribution in [2.24, 2.45) is 17.6 Å². The molecule has 1 saturated carbocycles. The van der Waals surface area contributed by atoms with Gasteiger partial charge in [-0.3, -0.25) is 4.79 Å². The highest BCUT2D eigenvalue weighted by molar-refractivity contribution is 5.79. The third kappa shape index (κ3) is 3.44. The zero-order chi connectivity index (χ0) is 12.3. The van der Waals surface area contributed by atoms with Gasteiger partial charge in [-0.25, -0.2) is 0 Å². The van der Waals surface area contributed by atoms with Gasteiger partial charge in [0.2, 0.25) is 5.91 Å². The average molecular weight is 238 g/mol. The second-order valence-electron chi connectivity index (χ2n) is 6.01. The van der Waals surface area contributed by atoms with E-state index in [4.69, 9.17) is 5.73 Å². The fourth-order valence-electron chi connectivity index (χ4n) is 3.41. The fourth-order valence-corrected chi connectivity index (χ4v) is 3.41. The number of nitrogens with zero attached hydrogens (tertiary/aromatic N) is 1. The number of carbonyl (C=O) groups is 1. The molecule has 3 unspecified atom stereocenters. The van der Waals surface area contributed by atoms with E-state index in [-0.39, 0.29) is 12.0 Å². The maximum Gasteiger partial charge on any atom is 0.225 e. The highest BCUT2D eigenvalue weighted by Crippen LogP contribution is 2.30. The van der Waals surface area contributed by atoms with Crippen molar-refractivity contribution in [1.29, 1.82) is 0 Å². The molecule has 2 N–H and O–H groups in total. The molecule has 1 aliphatic carbocycles. The summed E-state index contributed by atoms with van der Waals surface area (Å²) in [5.41, 5.74) is 6.04. The van der Waals surface area contributed by atoms with Crippen molar-refractivity contribution < 1.29 is 4.79 Å². The molecule has 3 nitrogen and oxygen atoms in total. The summed E-state index contributed by atoms with van der Waals surface area (Å²) in [5, 5.41) is 0. The zero-order valence-electron chi connectivity index (χ0n) is 11.0. The molecule has 2 rings (SSSR count). The highest BCUT2D eigenvalue weighted by atomic mass is 16.2. The molecule has 0 radical (unpaired) electrons. The van der Waals surface area contributed by atoms with Crippen molar-refractivity contribution >= 4 is 5.91 Å². The first kappa shape index (κ1) is 12.9. The lowest BCUT2D eigenvalue weighted by atomic mass is 9.79. The van der Waals surface area contributed by atoms with Crippen molar-refractivity contribution in [2.75, 3.05) is 13.1 Å². The number of hydrogen-bond acceptors (Lipinski definition) is 2. The van der Waals surface area contributed by atoms with E-state index in [1.165, 1.54) is 25.7 Å². The van der Waals surface area contributed by atoms with Crippen LogP contribution in [-0.4, -0.2) is 29.9 Å². The lowest BCUT2D eigenvalue weighted by Crippen LogP contribution is -2.42. The summed E-state index contributed by atoms with van der Waals surface area (Å²) in [7, 11) is 0. The normalized spacial score (nSPS) is 35.4. The SMILES string of the molecule is CC1CC(N)CC(C(=O)N2CCCCCC2)C1. The van der Waals surface area contributed by atoms with Crippen molar-refractivity contribution in [3.63, 3.8) is 0 Å². The van der Waals surface area contributed by atoms with E-state index in [0.717, 1.165) is 32.4 Å². The molecule has 0 bridgehead atoms. The van der Waals surface area contributed by atoms with Crippen molar-refractivity contribution in [3.05, 3.63) is 0 Å². The lowest BCUT2D eigenvalue weighted by molar-refractivity contribution is -0.137. The Bertz CT molecular complexity index is 249. The summed E-state index contributed by atoms with van der Waals surface area (Å²) < 4.78 is 0. The van der Waals surface area contributed by atoms with Crippen LogP contribution >= 0.6 is 0 Å². The van der Waals surface area contributed by atoms with Gasteiger partial charge in [0.15, 0.2) is 0 Å². The molecule has 3 heteroatoms. The predicted molar refractivity (Wildman–Crippen MR) is 69.5 cm³/mol. The Hall–Kier alpha value is -0.570. The summed E-state index contributed by atoms with van der Waals surface area (Å²) in [6.07, 6.45) is 7.96. The molecule has 0 aromatic rings. The summed E-state index contributed by atoms with van der Waals surface area (Å²) >= 11 is 0. The first-order valence-electron chi connectivity index (χ1n) is 7.21. The van der Waals surface area contributed by atoms with Gasteiger partial charge in [-0.05, 0) is 38.0 Å². The number of likely N-dealkylation sites (tertiary alicyclic amines) is 1. The van der Waals surface area contributed by atoms with Crippen LogP contribution in [-0.2, 0) is 4.79 Å². The maximum absolute atomic E-state index is 12.5. The van der Waals surface area contributed by atoms with Gasteiger partial charge in [0.25, 0.3) is 0 Å². The maximum atomic E-state index is 12.5. The number of amides is 1. The van der Waals surface area contributed by atoms with Crippen molar-refractivity contribution in [3.8, 4) is 0 Å². The molecule has 2 aliphatic rings. The van der Waals surface area contributed by atoms with Crippen molar-refractivity contribution in [1.82, 2.24) is 4.90 Å². The van der Waals surface area contributed by atoms with Crippen LogP contribution in [0.2, 0.25) is 0 Å². The number of nitrogens with two attached hydrogens (primary N) is 1. The molecule has 3 atom stereocenters. The number of hydrogen-bond donors (Lipinski definition) is 1. The van der Waals surface area contributed by atoms with Crippen LogP contribution in [0.3, 0.4) is 0 Å². The van der Waals surface area contributed by atoms with Crippen LogP contribution in [0.15, 0.2) is 0 Å². The standard InChI is InChI=1S/C14H26N2O/c1-11-8-12(10-13(15)9-11)14(17)16-6-4-2-3-5-7-16/h11-13H,2-10,15H2,1H3. The van der Waals surface area contributed by atoms with Crippen LogP contribution < -0.4 is 5.73 Å². The quantitative estimate of drug-likeness (QED) is 0.761. The molecule has 1 heterocycles. The van der Waals surface area contributed by atoms with E-state index >= 15 is 0 Å². The first-order valence-corrected chi connectivity index (χ1v) is 7.21. The highest BCUT2D eigenvalue weighted by Gasteiger charge is 2.31. The molecule has 0 spiro atoms. The van der Waals surface area contributed by atoms with Crippen molar-refractivity contribution in [2.45, 2.75) is 57.9 Å². The summed E-state index contributed by atoms with van der Waals surface area (Å²) in [6, 6.07) is 0.236. The van der Waals surface area contributed by atoms with Gasteiger partial charge < -0.3 is 10.6 Å². The summed E-state index contributed by atoms with van der Waals surface area (Å²) in [5.74, 6) is 1.19. The second-order valence-corrected chi connectivity index (χ2v) is 6.01. The molecule has 1 aliphatic heterocycles. The van der Waals surface area contributed by atoms with Gasteiger partial charge in [-0.15, -0.1) is 0 Å². The van der Waals surface area contributed by atoms with Gasteiger partial charge in [0.05, 0.1) is 0 Å². The lowest BCUT2D eigenvalue weighted by Gasteiger charge is -2.33. The molecule has 2 fully saturated rings. The minimum atomic E-state index is 0.201. The van der Waals surface area contributed by atoms with Gasteiger partial charge in [0.1, 0.15) is 0 Å². The fraction of sp³-hybridized carbons (Fsp3) is 0.929. The van der Waals surface area contributed by atoms with E-state index in [0.29, 0.717) is 11.8 Å². The minimum Gasteiger partial charge on any atom is -0.342 e. The Balaban J connectivity index is 1.93. The molecule has 1 amide bonds. The average Bonchev–Trinajstić information content (AvgIpc) is 2.55. The minimum absolute atomic E-state index is 0.201. The Morgan fingerprint density at radius 2 is 1.71 bits per heavy atom. The van der Waals surface area contributed by atoms with E-state index < -0.39 is 0 Å². The van der Waals surface area contributed by atoms with E-state index in [2.05, 4.69) is 11.8 Å². The number of rotatable bonds is 1. The Morgan fingerprint density at radius 3 is 2.29 bits per heavy atom. The van der Waals surface area contributed by atoms with Gasteiger partial charge in [0, 0.05) is 25.0 Å². The summed E-state index contributed by atoms with van der Waals surface area (Å²) in [6.45, 7) is 4.17. The van der Waals surface area contributed by atoms with E-state index in [1.807, 2.05) is 0 Å². The third-order valence-electron chi connectivity index (χ3n) is 4.25. The smallest absolute Gasteiger partial charge is 0.225 e. The van der Waals surface area contributed by atoms with Gasteiger partial charge >= 0.3 is 0 Å². The van der Waals surface area contributed by atoms with Crippen LogP contribution in [0.25, 0.3) is 0 Å². The second kappa shape index (κ2) is 5.85. The zero-order valence-corrected chi connectivity index (χ0v) is 11.0. The Labute approximate surface area is 105 Å². The number of carbonyl (C=O) groups excluding carboxylic acids is 1. The molecular formula is C14H26N2O. The van der Waals surface area contributed by atoms with Crippen LogP contribution in [0.4, 0.5) is 0 Å². The largest absolute Gasteiger partial charge is 0.342 e. The Morgan fingerprint density at radius 1 is 1.06 bits per heavy atom. The van der Waals surface area contributed by atoms with E-state index in [9.17, 15) is 4.79 Å². The van der Waals surface area contributed by atoms with Crippen LogP contribution in [0.1, 0.15) is 51.9 Å². The monoisotopic (exact) mass is 238 g/mol. The van der Waals surface area contributed by atoms with E-state index in [1.54, 1.807) is 0 Å².